The molecule has 6 heteroatoms. The van der Waals surface area contributed by atoms with Crippen LogP contribution in [0.25, 0.3) is 11.3 Å². The number of hydrogen-bond donors (Lipinski definition) is 0. The highest BCUT2D eigenvalue weighted by molar-refractivity contribution is 8.01. The molecule has 0 bridgehead atoms. The molecule has 2 aromatic rings. The van der Waals surface area contributed by atoms with Crippen LogP contribution in [0.15, 0.2) is 34.0 Å². The molecule has 1 heterocycles. The number of benzene rings is 1. The van der Waals surface area contributed by atoms with Gasteiger partial charge in [0.05, 0.1) is 17.6 Å². The van der Waals surface area contributed by atoms with Crippen molar-refractivity contribution in [1.82, 2.24) is 4.98 Å². The van der Waals surface area contributed by atoms with Crippen molar-refractivity contribution in [2.24, 2.45) is 0 Å². The van der Waals surface area contributed by atoms with E-state index in [4.69, 9.17) is 16.3 Å². The van der Waals surface area contributed by atoms with Gasteiger partial charge < -0.3 is 4.74 Å². The van der Waals surface area contributed by atoms with E-state index >= 15 is 0 Å². The molecular formula is C14H14ClNO2S2. The highest BCUT2D eigenvalue weighted by Gasteiger charge is 2.10. The summed E-state index contributed by atoms with van der Waals surface area (Å²) >= 11 is 8.77. The number of esters is 1. The predicted molar refractivity (Wildman–Crippen MR) is 84.5 cm³/mol. The number of carbonyl (C=O) groups is 1. The van der Waals surface area contributed by atoms with Gasteiger partial charge in [0.1, 0.15) is 0 Å². The zero-order valence-electron chi connectivity index (χ0n) is 11.1. The smallest absolute Gasteiger partial charge is 0.316 e. The van der Waals surface area contributed by atoms with Gasteiger partial charge in [-0.25, -0.2) is 4.98 Å². The SMILES string of the molecule is CC(C)OC(=O)CSc1nc(-c2ccc(Cl)cc2)cs1. The number of ether oxygens (including phenoxy) is 1. The predicted octanol–water partition coefficient (Wildman–Crippen LogP) is 4.51. The summed E-state index contributed by atoms with van der Waals surface area (Å²) in [5.41, 5.74) is 1.91. The van der Waals surface area contributed by atoms with Crippen molar-refractivity contribution in [3.05, 3.63) is 34.7 Å². The van der Waals surface area contributed by atoms with E-state index in [1.165, 1.54) is 23.1 Å². The minimum Gasteiger partial charge on any atom is -0.462 e. The van der Waals surface area contributed by atoms with Crippen molar-refractivity contribution in [2.75, 3.05) is 5.75 Å². The molecule has 3 nitrogen and oxygen atoms in total. The molecule has 0 N–H and O–H groups in total. The number of halogens is 1. The highest BCUT2D eigenvalue weighted by atomic mass is 35.5. The average Bonchev–Trinajstić information content (AvgIpc) is 2.85. The minimum absolute atomic E-state index is 0.0796. The molecule has 20 heavy (non-hydrogen) atoms. The molecule has 0 atom stereocenters. The molecule has 0 spiro atoms. The normalized spacial score (nSPS) is 10.8. The van der Waals surface area contributed by atoms with Gasteiger partial charge in [-0.3, -0.25) is 4.79 Å². The molecule has 2 rings (SSSR count). The number of aromatic nitrogens is 1. The number of hydrogen-bond acceptors (Lipinski definition) is 5. The molecule has 0 saturated carbocycles. The number of thioether (sulfide) groups is 1. The lowest BCUT2D eigenvalue weighted by atomic mass is 10.2. The van der Waals surface area contributed by atoms with E-state index in [0.717, 1.165) is 15.6 Å². The second kappa shape index (κ2) is 7.11. The lowest BCUT2D eigenvalue weighted by Gasteiger charge is -2.06. The number of nitrogens with zero attached hydrogens (tertiary/aromatic N) is 1. The number of rotatable bonds is 5. The Hall–Kier alpha value is -1.04. The first kappa shape index (κ1) is 15.4. The molecule has 0 unspecified atom stereocenters. The van der Waals surface area contributed by atoms with Gasteiger partial charge in [0, 0.05) is 16.0 Å². The maximum absolute atomic E-state index is 11.5. The van der Waals surface area contributed by atoms with Crippen LogP contribution in [0.2, 0.25) is 5.02 Å². The summed E-state index contributed by atoms with van der Waals surface area (Å²) in [5.74, 6) is 0.0689. The van der Waals surface area contributed by atoms with E-state index in [2.05, 4.69) is 4.98 Å². The van der Waals surface area contributed by atoms with Crippen molar-refractivity contribution in [3.8, 4) is 11.3 Å². The van der Waals surface area contributed by atoms with Gasteiger partial charge in [0.2, 0.25) is 0 Å². The first-order chi connectivity index (χ1) is 9.54. The van der Waals surface area contributed by atoms with Gasteiger partial charge in [0.15, 0.2) is 4.34 Å². The molecule has 0 aliphatic heterocycles. The summed E-state index contributed by atoms with van der Waals surface area (Å²) in [7, 11) is 0. The van der Waals surface area contributed by atoms with Crippen molar-refractivity contribution < 1.29 is 9.53 Å². The van der Waals surface area contributed by atoms with Crippen LogP contribution in [0.1, 0.15) is 13.8 Å². The molecule has 0 saturated heterocycles. The van der Waals surface area contributed by atoms with Crippen molar-refractivity contribution in [2.45, 2.75) is 24.3 Å². The first-order valence-electron chi connectivity index (χ1n) is 6.08. The third-order valence-electron chi connectivity index (χ3n) is 2.30. The zero-order valence-corrected chi connectivity index (χ0v) is 13.5. The fraction of sp³-hybridized carbons (Fsp3) is 0.286. The Balaban J connectivity index is 1.95. The summed E-state index contributed by atoms with van der Waals surface area (Å²) in [4.78, 5) is 16.0. The fourth-order valence-corrected chi connectivity index (χ4v) is 3.24. The Bertz CT molecular complexity index is 581. The quantitative estimate of drug-likeness (QED) is 0.598. The van der Waals surface area contributed by atoms with Crippen molar-refractivity contribution >= 4 is 40.7 Å². The first-order valence-corrected chi connectivity index (χ1v) is 8.32. The largest absolute Gasteiger partial charge is 0.462 e. The van der Waals surface area contributed by atoms with Gasteiger partial charge >= 0.3 is 5.97 Å². The maximum atomic E-state index is 11.5. The maximum Gasteiger partial charge on any atom is 0.316 e. The van der Waals surface area contributed by atoms with Gasteiger partial charge in [0.25, 0.3) is 0 Å². The lowest BCUT2D eigenvalue weighted by molar-refractivity contribution is -0.144. The van der Waals surface area contributed by atoms with Crippen LogP contribution < -0.4 is 0 Å². The Morgan fingerprint density at radius 3 is 2.75 bits per heavy atom. The van der Waals surface area contributed by atoms with Crippen LogP contribution in [0.5, 0.6) is 0 Å². The molecule has 0 fully saturated rings. The van der Waals surface area contributed by atoms with Crippen LogP contribution in [0.4, 0.5) is 0 Å². The number of carbonyl (C=O) groups excluding carboxylic acids is 1. The molecule has 0 aliphatic carbocycles. The van der Waals surface area contributed by atoms with E-state index in [9.17, 15) is 4.79 Å². The van der Waals surface area contributed by atoms with Crippen LogP contribution in [-0.4, -0.2) is 22.8 Å². The van der Waals surface area contributed by atoms with Crippen LogP contribution in [0, 0.1) is 0 Å². The third kappa shape index (κ3) is 4.51. The Kier molecular flexibility index (Phi) is 5.46. The molecule has 1 aromatic carbocycles. The molecule has 0 aliphatic rings. The van der Waals surface area contributed by atoms with E-state index in [0.29, 0.717) is 5.02 Å². The fourth-order valence-electron chi connectivity index (χ4n) is 1.49. The van der Waals surface area contributed by atoms with E-state index in [1.807, 2.05) is 43.5 Å². The monoisotopic (exact) mass is 327 g/mol. The van der Waals surface area contributed by atoms with E-state index in [1.54, 1.807) is 0 Å². The van der Waals surface area contributed by atoms with Crippen molar-refractivity contribution in [3.63, 3.8) is 0 Å². The van der Waals surface area contributed by atoms with Gasteiger partial charge in [-0.2, -0.15) is 0 Å². The molecular weight excluding hydrogens is 314 g/mol. The molecule has 0 amide bonds. The van der Waals surface area contributed by atoms with Gasteiger partial charge in [-0.15, -0.1) is 11.3 Å². The van der Waals surface area contributed by atoms with E-state index in [-0.39, 0.29) is 17.8 Å². The molecule has 106 valence electrons. The highest BCUT2D eigenvalue weighted by Crippen LogP contribution is 2.28. The summed E-state index contributed by atoms with van der Waals surface area (Å²) in [6.07, 6.45) is -0.0796. The van der Waals surface area contributed by atoms with Crippen LogP contribution in [-0.2, 0) is 9.53 Å². The third-order valence-corrected chi connectivity index (χ3v) is 4.55. The standard InChI is InChI=1S/C14H14ClNO2S2/c1-9(2)18-13(17)8-20-14-16-12(7-19-14)10-3-5-11(15)6-4-10/h3-7,9H,8H2,1-2H3. The second-order valence-electron chi connectivity index (χ2n) is 4.33. The molecule has 1 aromatic heterocycles. The Morgan fingerprint density at radius 1 is 1.40 bits per heavy atom. The average molecular weight is 328 g/mol. The minimum atomic E-state index is -0.215. The summed E-state index contributed by atoms with van der Waals surface area (Å²) in [5, 5.41) is 2.68. The van der Waals surface area contributed by atoms with E-state index < -0.39 is 0 Å². The zero-order chi connectivity index (χ0) is 14.5. The van der Waals surface area contributed by atoms with Gasteiger partial charge in [-0.1, -0.05) is 35.5 Å². The van der Waals surface area contributed by atoms with Crippen LogP contribution >= 0.6 is 34.7 Å². The summed E-state index contributed by atoms with van der Waals surface area (Å²) < 4.78 is 5.94. The van der Waals surface area contributed by atoms with Crippen molar-refractivity contribution in [1.29, 1.82) is 0 Å². The molecule has 0 radical (unpaired) electrons. The Morgan fingerprint density at radius 2 is 2.10 bits per heavy atom. The summed E-state index contributed by atoms with van der Waals surface area (Å²) in [6.45, 7) is 3.68. The number of thiazole rings is 1. The van der Waals surface area contributed by atoms with Crippen LogP contribution in [0.3, 0.4) is 0 Å². The van der Waals surface area contributed by atoms with Gasteiger partial charge in [-0.05, 0) is 26.0 Å². The Labute approximate surface area is 131 Å². The second-order valence-corrected chi connectivity index (χ2v) is 6.85. The lowest BCUT2D eigenvalue weighted by Crippen LogP contribution is -2.13. The topological polar surface area (TPSA) is 39.2 Å². The summed E-state index contributed by atoms with van der Waals surface area (Å²) in [6, 6.07) is 7.53.